The molecule has 0 aromatic rings. The van der Waals surface area contributed by atoms with Crippen molar-refractivity contribution < 1.29 is 0 Å². The lowest BCUT2D eigenvalue weighted by atomic mass is 10.2. The first-order valence-corrected chi connectivity index (χ1v) is 4.95. The fourth-order valence-electron chi connectivity index (χ4n) is 1.11. The van der Waals surface area contributed by atoms with Crippen LogP contribution < -0.4 is 10.6 Å². The number of hydrogen-bond donors (Lipinski definition) is 2. The molecule has 0 fully saturated rings. The summed E-state index contributed by atoms with van der Waals surface area (Å²) in [5, 5.41) is 6.35. The molecule has 0 saturated carbocycles. The zero-order valence-electron chi connectivity index (χ0n) is 8.84. The van der Waals surface area contributed by atoms with E-state index in [4.69, 9.17) is 0 Å². The summed E-state index contributed by atoms with van der Waals surface area (Å²) in [6, 6.07) is 0. The lowest BCUT2D eigenvalue weighted by molar-refractivity contribution is 0.500. The molecule has 13 heavy (non-hydrogen) atoms. The van der Waals surface area contributed by atoms with Crippen LogP contribution in [0, 0.1) is 0 Å². The summed E-state index contributed by atoms with van der Waals surface area (Å²) in [6.45, 7) is 3.69. The van der Waals surface area contributed by atoms with Gasteiger partial charge in [0, 0.05) is 0 Å². The highest BCUT2D eigenvalue weighted by molar-refractivity contribution is 4.85. The highest BCUT2D eigenvalue weighted by Crippen LogP contribution is 1.98. The van der Waals surface area contributed by atoms with E-state index in [2.05, 4.69) is 29.4 Å². The van der Waals surface area contributed by atoms with Gasteiger partial charge in [-0.05, 0) is 39.8 Å². The first-order chi connectivity index (χ1) is 6.35. The minimum atomic E-state index is 0.399. The van der Waals surface area contributed by atoms with Crippen LogP contribution in [0.15, 0.2) is 24.8 Å². The van der Waals surface area contributed by atoms with Gasteiger partial charge in [0.25, 0.3) is 0 Å². The fraction of sp³-hybridized carbons (Fsp3) is 0.636. The first-order valence-electron chi connectivity index (χ1n) is 4.95. The average Bonchev–Trinajstić information content (AvgIpc) is 2.17. The van der Waals surface area contributed by atoms with Crippen molar-refractivity contribution in [2.75, 3.05) is 14.1 Å². The van der Waals surface area contributed by atoms with Gasteiger partial charge in [0.15, 0.2) is 0 Å². The molecule has 0 radical (unpaired) electrons. The third-order valence-corrected chi connectivity index (χ3v) is 2.01. The smallest absolute Gasteiger partial charge is 0.0602 e. The van der Waals surface area contributed by atoms with Crippen LogP contribution in [0.25, 0.3) is 0 Å². The lowest BCUT2D eigenvalue weighted by Crippen LogP contribution is -2.36. The molecule has 0 aromatic heterocycles. The van der Waals surface area contributed by atoms with Gasteiger partial charge in [0.05, 0.1) is 6.17 Å². The quantitative estimate of drug-likeness (QED) is 0.341. The van der Waals surface area contributed by atoms with Crippen molar-refractivity contribution in [3.63, 3.8) is 0 Å². The van der Waals surface area contributed by atoms with E-state index in [1.807, 2.05) is 20.2 Å². The molecule has 2 N–H and O–H groups in total. The molecule has 0 heterocycles. The van der Waals surface area contributed by atoms with E-state index >= 15 is 0 Å². The number of nitrogens with one attached hydrogen (secondary N) is 2. The van der Waals surface area contributed by atoms with Crippen LogP contribution in [0.2, 0.25) is 0 Å². The van der Waals surface area contributed by atoms with Gasteiger partial charge in [-0.2, -0.15) is 0 Å². The summed E-state index contributed by atoms with van der Waals surface area (Å²) < 4.78 is 0. The molecule has 76 valence electrons. The molecule has 0 aliphatic carbocycles. The zero-order chi connectivity index (χ0) is 9.94. The van der Waals surface area contributed by atoms with Crippen molar-refractivity contribution in [2.45, 2.75) is 31.8 Å². The van der Waals surface area contributed by atoms with Gasteiger partial charge in [-0.1, -0.05) is 18.2 Å². The van der Waals surface area contributed by atoms with Gasteiger partial charge in [-0.3, -0.25) is 0 Å². The van der Waals surface area contributed by atoms with Crippen LogP contribution in [0.4, 0.5) is 0 Å². The van der Waals surface area contributed by atoms with Crippen molar-refractivity contribution in [3.05, 3.63) is 24.8 Å². The molecule has 0 aliphatic rings. The van der Waals surface area contributed by atoms with E-state index in [9.17, 15) is 0 Å². The standard InChI is InChI=1S/C11H22N2/c1-4-5-6-7-8-9-10-11(12-2)13-3/h4,8-9,11-13H,1,5-7,10H2,2-3H3. The Morgan fingerprint density at radius 2 is 1.85 bits per heavy atom. The molecule has 2 nitrogen and oxygen atoms in total. The molecule has 0 atom stereocenters. The molecular formula is C11H22N2. The molecule has 0 amide bonds. The maximum absolute atomic E-state index is 3.69. The second-order valence-electron chi connectivity index (χ2n) is 3.06. The summed E-state index contributed by atoms with van der Waals surface area (Å²) in [6.07, 6.45) is 11.4. The molecule has 0 unspecified atom stereocenters. The monoisotopic (exact) mass is 182 g/mol. The minimum absolute atomic E-state index is 0.399. The molecule has 0 spiro atoms. The predicted octanol–water partition coefficient (Wildman–Crippen LogP) is 2.05. The number of unbranched alkanes of at least 4 members (excludes halogenated alkanes) is 2. The third kappa shape index (κ3) is 7.75. The van der Waals surface area contributed by atoms with Gasteiger partial charge < -0.3 is 10.6 Å². The SMILES string of the molecule is C=CCCCC=CCC(NC)NC. The predicted molar refractivity (Wildman–Crippen MR) is 59.7 cm³/mol. The first kappa shape index (κ1) is 12.4. The molecular weight excluding hydrogens is 160 g/mol. The molecule has 0 bridgehead atoms. The highest BCUT2D eigenvalue weighted by Gasteiger charge is 1.96. The van der Waals surface area contributed by atoms with Crippen molar-refractivity contribution >= 4 is 0 Å². The Morgan fingerprint density at radius 3 is 2.38 bits per heavy atom. The van der Waals surface area contributed by atoms with Gasteiger partial charge in [-0.15, -0.1) is 6.58 Å². The Balaban J connectivity index is 3.33. The Kier molecular flexibility index (Phi) is 9.05. The van der Waals surface area contributed by atoms with Crippen LogP contribution in [0.1, 0.15) is 25.7 Å². The van der Waals surface area contributed by atoms with E-state index < -0.39 is 0 Å². The van der Waals surface area contributed by atoms with Gasteiger partial charge in [-0.25, -0.2) is 0 Å². The Bertz CT molecular complexity index is 137. The molecule has 0 rings (SSSR count). The Morgan fingerprint density at radius 1 is 1.15 bits per heavy atom. The van der Waals surface area contributed by atoms with E-state index in [0.29, 0.717) is 6.17 Å². The largest absolute Gasteiger partial charge is 0.305 e. The van der Waals surface area contributed by atoms with Crippen molar-refractivity contribution in [1.82, 2.24) is 10.6 Å². The van der Waals surface area contributed by atoms with E-state index in [-0.39, 0.29) is 0 Å². The summed E-state index contributed by atoms with van der Waals surface area (Å²) in [5.74, 6) is 0. The van der Waals surface area contributed by atoms with Gasteiger partial charge >= 0.3 is 0 Å². The maximum atomic E-state index is 3.69. The van der Waals surface area contributed by atoms with Crippen LogP contribution >= 0.6 is 0 Å². The minimum Gasteiger partial charge on any atom is -0.305 e. The summed E-state index contributed by atoms with van der Waals surface area (Å²) in [7, 11) is 3.93. The number of rotatable bonds is 8. The molecule has 2 heteroatoms. The fourth-order valence-corrected chi connectivity index (χ4v) is 1.11. The molecule has 0 saturated heterocycles. The summed E-state index contributed by atoms with van der Waals surface area (Å²) >= 11 is 0. The maximum Gasteiger partial charge on any atom is 0.0602 e. The normalized spacial score (nSPS) is 11.3. The average molecular weight is 182 g/mol. The van der Waals surface area contributed by atoms with E-state index in [1.54, 1.807) is 0 Å². The highest BCUT2D eigenvalue weighted by atomic mass is 15.1. The number of allylic oxidation sites excluding steroid dienone is 2. The Labute approximate surface area is 82.1 Å². The summed E-state index contributed by atoms with van der Waals surface area (Å²) in [4.78, 5) is 0. The second-order valence-corrected chi connectivity index (χ2v) is 3.06. The topological polar surface area (TPSA) is 24.1 Å². The zero-order valence-corrected chi connectivity index (χ0v) is 8.84. The van der Waals surface area contributed by atoms with Crippen LogP contribution in [-0.4, -0.2) is 20.3 Å². The second kappa shape index (κ2) is 9.49. The molecule has 0 aliphatic heterocycles. The van der Waals surface area contributed by atoms with Crippen LogP contribution in [-0.2, 0) is 0 Å². The van der Waals surface area contributed by atoms with E-state index in [1.165, 1.54) is 6.42 Å². The van der Waals surface area contributed by atoms with Crippen LogP contribution in [0.3, 0.4) is 0 Å². The summed E-state index contributed by atoms with van der Waals surface area (Å²) in [5.41, 5.74) is 0. The Hall–Kier alpha value is -0.600. The van der Waals surface area contributed by atoms with Crippen molar-refractivity contribution in [1.29, 1.82) is 0 Å². The number of hydrogen-bond acceptors (Lipinski definition) is 2. The lowest BCUT2D eigenvalue weighted by Gasteiger charge is -2.11. The van der Waals surface area contributed by atoms with E-state index in [0.717, 1.165) is 19.3 Å². The van der Waals surface area contributed by atoms with Crippen LogP contribution in [0.5, 0.6) is 0 Å². The van der Waals surface area contributed by atoms with Gasteiger partial charge in [0.1, 0.15) is 0 Å². The molecule has 0 aromatic carbocycles. The van der Waals surface area contributed by atoms with Crippen molar-refractivity contribution in [2.24, 2.45) is 0 Å². The third-order valence-electron chi connectivity index (χ3n) is 2.01. The van der Waals surface area contributed by atoms with Crippen molar-refractivity contribution in [3.8, 4) is 0 Å². The van der Waals surface area contributed by atoms with Gasteiger partial charge in [0.2, 0.25) is 0 Å².